The summed E-state index contributed by atoms with van der Waals surface area (Å²) >= 11 is 0. The van der Waals surface area contributed by atoms with Crippen LogP contribution in [0.2, 0.25) is 0 Å². The van der Waals surface area contributed by atoms with Gasteiger partial charge in [0, 0.05) is 23.2 Å². The van der Waals surface area contributed by atoms with Crippen molar-refractivity contribution in [1.29, 1.82) is 0 Å². The first-order valence-electron chi connectivity index (χ1n) is 8.56. The Hall–Kier alpha value is -2.76. The predicted molar refractivity (Wildman–Crippen MR) is 98.5 cm³/mol. The van der Waals surface area contributed by atoms with Crippen molar-refractivity contribution in [2.24, 2.45) is 0 Å². The van der Waals surface area contributed by atoms with Gasteiger partial charge in [0.15, 0.2) is 6.10 Å². The molecule has 1 aromatic carbocycles. The number of ether oxygens (including phenoxy) is 1. The lowest BCUT2D eigenvalue weighted by atomic mass is 10.0. The molecular formula is C20H24N2O4. The zero-order valence-electron chi connectivity index (χ0n) is 15.8. The normalized spacial score (nSPS) is 11.9. The second-order valence-corrected chi connectivity index (χ2v) is 6.51. The first-order valence-corrected chi connectivity index (χ1v) is 8.56. The van der Waals surface area contributed by atoms with Crippen LogP contribution in [0, 0.1) is 27.7 Å². The lowest BCUT2D eigenvalue weighted by Gasteiger charge is -2.13. The van der Waals surface area contributed by atoms with Crippen LogP contribution >= 0.6 is 0 Å². The highest BCUT2D eigenvalue weighted by atomic mass is 16.5. The van der Waals surface area contributed by atoms with Crippen LogP contribution in [0.15, 0.2) is 23.0 Å². The third kappa shape index (κ3) is 4.65. The Kier molecular flexibility index (Phi) is 6.08. The summed E-state index contributed by atoms with van der Waals surface area (Å²) in [6.45, 7) is 8.89. The number of carbonyl (C=O) groups excluding carboxylic acids is 2. The van der Waals surface area contributed by atoms with Gasteiger partial charge in [0.1, 0.15) is 5.82 Å². The van der Waals surface area contributed by atoms with E-state index >= 15 is 0 Å². The van der Waals surface area contributed by atoms with E-state index < -0.39 is 12.1 Å². The molecule has 0 spiro atoms. The molecule has 1 heterocycles. The summed E-state index contributed by atoms with van der Waals surface area (Å²) < 4.78 is 5.24. The van der Waals surface area contributed by atoms with Crippen LogP contribution in [-0.2, 0) is 16.0 Å². The van der Waals surface area contributed by atoms with Crippen molar-refractivity contribution in [3.8, 4) is 0 Å². The molecule has 2 rings (SSSR count). The molecule has 0 aliphatic rings. The van der Waals surface area contributed by atoms with Crippen molar-refractivity contribution >= 4 is 11.8 Å². The number of hydrogen-bond acceptors (Lipinski definition) is 5. The highest BCUT2D eigenvalue weighted by Gasteiger charge is 2.20. The minimum absolute atomic E-state index is 0.0131. The maximum absolute atomic E-state index is 12.4. The Morgan fingerprint density at radius 3 is 2.46 bits per heavy atom. The number of hydrogen-bond donors (Lipinski definition) is 1. The van der Waals surface area contributed by atoms with E-state index in [1.807, 2.05) is 19.9 Å². The zero-order chi connectivity index (χ0) is 19.4. The first kappa shape index (κ1) is 19.6. The fourth-order valence-electron chi connectivity index (χ4n) is 2.71. The number of benzene rings is 1. The average molecular weight is 356 g/mol. The van der Waals surface area contributed by atoms with Gasteiger partial charge in [-0.1, -0.05) is 12.1 Å². The van der Waals surface area contributed by atoms with Crippen LogP contribution in [-0.4, -0.2) is 27.8 Å². The lowest BCUT2D eigenvalue weighted by Crippen LogP contribution is -2.25. The summed E-state index contributed by atoms with van der Waals surface area (Å²) in [5, 5.41) is 0. The van der Waals surface area contributed by atoms with E-state index in [4.69, 9.17) is 4.74 Å². The van der Waals surface area contributed by atoms with Gasteiger partial charge in [0.05, 0.1) is 0 Å². The summed E-state index contributed by atoms with van der Waals surface area (Å²) in [5.74, 6) is -0.229. The first-order chi connectivity index (χ1) is 12.2. The Balaban J connectivity index is 1.98. The zero-order valence-corrected chi connectivity index (χ0v) is 15.8. The number of nitrogens with one attached hydrogen (secondary N) is 1. The Labute approximate surface area is 152 Å². The topological polar surface area (TPSA) is 89.1 Å². The van der Waals surface area contributed by atoms with Crippen LogP contribution < -0.4 is 5.56 Å². The SMILES string of the molecule is Cc1nc(C)c(CCC(=O)OC(C)C(=O)c2ccc(C)c(C)c2)c(=O)[nH]1. The highest BCUT2D eigenvalue weighted by molar-refractivity contribution is 6.00. The fourth-order valence-corrected chi connectivity index (χ4v) is 2.71. The number of aromatic amines is 1. The summed E-state index contributed by atoms with van der Waals surface area (Å²) in [5.41, 5.74) is 3.43. The molecule has 6 nitrogen and oxygen atoms in total. The third-order valence-electron chi connectivity index (χ3n) is 4.39. The maximum Gasteiger partial charge on any atom is 0.306 e. The summed E-state index contributed by atoms with van der Waals surface area (Å²) in [6, 6.07) is 5.40. The van der Waals surface area contributed by atoms with E-state index in [0.29, 0.717) is 22.6 Å². The van der Waals surface area contributed by atoms with E-state index in [2.05, 4.69) is 9.97 Å². The molecule has 0 aliphatic carbocycles. The number of H-pyrrole nitrogens is 1. The Bertz CT molecular complexity index is 899. The number of aryl methyl sites for hydroxylation is 4. The molecule has 26 heavy (non-hydrogen) atoms. The van der Waals surface area contributed by atoms with Gasteiger partial charge in [-0.3, -0.25) is 14.4 Å². The van der Waals surface area contributed by atoms with Gasteiger partial charge >= 0.3 is 5.97 Å². The van der Waals surface area contributed by atoms with Crippen molar-refractivity contribution in [2.45, 2.75) is 53.6 Å². The number of esters is 1. The van der Waals surface area contributed by atoms with Gasteiger partial charge < -0.3 is 9.72 Å². The van der Waals surface area contributed by atoms with E-state index in [0.717, 1.165) is 11.1 Å². The molecule has 0 bridgehead atoms. The predicted octanol–water partition coefficient (Wildman–Crippen LogP) is 2.75. The van der Waals surface area contributed by atoms with Gasteiger partial charge in [-0.25, -0.2) is 4.98 Å². The molecular weight excluding hydrogens is 332 g/mol. The van der Waals surface area contributed by atoms with Crippen molar-refractivity contribution in [3.63, 3.8) is 0 Å². The van der Waals surface area contributed by atoms with E-state index in [9.17, 15) is 14.4 Å². The number of nitrogens with zero attached hydrogens (tertiary/aromatic N) is 1. The molecule has 1 N–H and O–H groups in total. The molecule has 0 aliphatic heterocycles. The van der Waals surface area contributed by atoms with Crippen LogP contribution in [0.3, 0.4) is 0 Å². The molecule has 0 saturated heterocycles. The number of ketones is 1. The van der Waals surface area contributed by atoms with E-state index in [-0.39, 0.29) is 24.2 Å². The standard InChI is InChI=1S/C20H24N2O4/c1-11-6-7-16(10-12(11)2)19(24)14(4)26-18(23)9-8-17-13(3)21-15(5)22-20(17)25/h6-7,10,14H,8-9H2,1-5H3,(H,21,22,25). The monoisotopic (exact) mass is 356 g/mol. The molecule has 0 radical (unpaired) electrons. The molecule has 2 aromatic rings. The molecule has 1 aromatic heterocycles. The van der Waals surface area contributed by atoms with Gasteiger partial charge in [-0.05, 0) is 58.2 Å². The largest absolute Gasteiger partial charge is 0.454 e. The summed E-state index contributed by atoms with van der Waals surface area (Å²) in [6.07, 6.45) is -0.642. The number of rotatable bonds is 6. The quantitative estimate of drug-likeness (QED) is 0.635. The molecule has 1 unspecified atom stereocenters. The molecule has 1 atom stereocenters. The van der Waals surface area contributed by atoms with Crippen molar-refractivity contribution < 1.29 is 14.3 Å². The summed E-state index contributed by atoms with van der Waals surface area (Å²) in [4.78, 5) is 43.2. The smallest absolute Gasteiger partial charge is 0.306 e. The van der Waals surface area contributed by atoms with E-state index in [1.165, 1.54) is 0 Å². The molecule has 0 fully saturated rings. The third-order valence-corrected chi connectivity index (χ3v) is 4.39. The lowest BCUT2D eigenvalue weighted by molar-refractivity contribution is -0.146. The molecule has 138 valence electrons. The van der Waals surface area contributed by atoms with Crippen molar-refractivity contribution in [3.05, 3.63) is 62.3 Å². The van der Waals surface area contributed by atoms with Crippen molar-refractivity contribution in [2.75, 3.05) is 0 Å². The van der Waals surface area contributed by atoms with Gasteiger partial charge in [-0.15, -0.1) is 0 Å². The van der Waals surface area contributed by atoms with Crippen LogP contribution in [0.5, 0.6) is 0 Å². The molecule has 0 saturated carbocycles. The van der Waals surface area contributed by atoms with E-state index in [1.54, 1.807) is 32.9 Å². The second kappa shape index (κ2) is 8.08. The minimum atomic E-state index is -0.875. The van der Waals surface area contributed by atoms with Crippen molar-refractivity contribution in [1.82, 2.24) is 9.97 Å². The average Bonchev–Trinajstić information content (AvgIpc) is 2.55. The molecule has 0 amide bonds. The van der Waals surface area contributed by atoms with Crippen LogP contribution in [0.25, 0.3) is 0 Å². The number of aromatic nitrogens is 2. The van der Waals surface area contributed by atoms with Gasteiger partial charge in [0.2, 0.25) is 5.78 Å². The minimum Gasteiger partial charge on any atom is -0.454 e. The number of Topliss-reactive ketones (excluding diaryl/α,β-unsaturated/α-hetero) is 1. The molecule has 6 heteroatoms. The van der Waals surface area contributed by atoms with Gasteiger partial charge in [0.25, 0.3) is 5.56 Å². The van der Waals surface area contributed by atoms with Crippen LogP contribution in [0.1, 0.15) is 51.9 Å². The Morgan fingerprint density at radius 2 is 1.85 bits per heavy atom. The number of carbonyl (C=O) groups is 2. The second-order valence-electron chi connectivity index (χ2n) is 6.51. The highest BCUT2D eigenvalue weighted by Crippen LogP contribution is 2.13. The van der Waals surface area contributed by atoms with Crippen LogP contribution in [0.4, 0.5) is 0 Å². The maximum atomic E-state index is 12.4. The van der Waals surface area contributed by atoms with Gasteiger partial charge in [-0.2, -0.15) is 0 Å². The fraction of sp³-hybridized carbons (Fsp3) is 0.400. The summed E-state index contributed by atoms with van der Waals surface area (Å²) in [7, 11) is 0. The Morgan fingerprint density at radius 1 is 1.15 bits per heavy atom.